The quantitative estimate of drug-likeness (QED) is 0.657. The highest BCUT2D eigenvalue weighted by atomic mass is 19.4. The normalized spacial score (nSPS) is 18.4. The van der Waals surface area contributed by atoms with Gasteiger partial charge in [-0.3, -0.25) is 0 Å². The standard InChI is InChI=1S/C19H19F3N6O/c20-19(21,22)15-9-16(24-11-23-15)28(13-1-2-13)14-3-6-27(7-4-14)18-17-12(5-8-29-17)10-25-26-18/h5,8-11,13-14H,1-4,6-7H2. The lowest BCUT2D eigenvalue weighted by molar-refractivity contribution is -0.141. The largest absolute Gasteiger partial charge is 0.460 e. The molecule has 0 unspecified atom stereocenters. The van der Waals surface area contributed by atoms with Crippen LogP contribution in [0.4, 0.5) is 24.8 Å². The van der Waals surface area contributed by atoms with Crippen LogP contribution in [-0.4, -0.2) is 45.3 Å². The maximum atomic E-state index is 13.1. The van der Waals surface area contributed by atoms with Crippen LogP contribution in [0.5, 0.6) is 0 Å². The molecule has 0 bridgehead atoms. The number of alkyl halides is 3. The minimum atomic E-state index is -4.48. The van der Waals surface area contributed by atoms with Crippen molar-refractivity contribution < 1.29 is 17.6 Å². The highest BCUT2D eigenvalue weighted by Gasteiger charge is 2.39. The maximum Gasteiger partial charge on any atom is 0.433 e. The molecule has 1 aliphatic heterocycles. The summed E-state index contributed by atoms with van der Waals surface area (Å²) < 4.78 is 44.8. The Labute approximate surface area is 164 Å². The number of hydrogen-bond acceptors (Lipinski definition) is 7. The van der Waals surface area contributed by atoms with Gasteiger partial charge in [0.05, 0.1) is 12.5 Å². The van der Waals surface area contributed by atoms with Gasteiger partial charge in [-0.15, -0.1) is 5.10 Å². The van der Waals surface area contributed by atoms with Crippen LogP contribution in [0.1, 0.15) is 31.4 Å². The second kappa shape index (κ2) is 6.85. The minimum Gasteiger partial charge on any atom is -0.460 e. The molecule has 2 fully saturated rings. The number of rotatable bonds is 4. The molecular weight excluding hydrogens is 385 g/mol. The monoisotopic (exact) mass is 404 g/mol. The SMILES string of the molecule is FC(F)(F)c1cc(N(C2CC2)C2CCN(c3nncc4ccoc34)CC2)ncn1. The highest BCUT2D eigenvalue weighted by Crippen LogP contribution is 2.38. The van der Waals surface area contributed by atoms with Gasteiger partial charge < -0.3 is 14.2 Å². The number of halogens is 3. The molecule has 7 nitrogen and oxygen atoms in total. The Bertz CT molecular complexity index is 1010. The molecule has 5 rings (SSSR count). The summed E-state index contributed by atoms with van der Waals surface area (Å²) in [5.74, 6) is 1.08. The van der Waals surface area contributed by atoms with Gasteiger partial charge >= 0.3 is 6.18 Å². The van der Waals surface area contributed by atoms with Gasteiger partial charge in [-0.1, -0.05) is 0 Å². The molecule has 0 aromatic carbocycles. The van der Waals surface area contributed by atoms with E-state index in [1.165, 1.54) is 0 Å². The van der Waals surface area contributed by atoms with E-state index in [4.69, 9.17) is 4.42 Å². The molecule has 0 atom stereocenters. The predicted octanol–water partition coefficient (Wildman–Crippen LogP) is 3.67. The van der Waals surface area contributed by atoms with Gasteiger partial charge in [0, 0.05) is 36.6 Å². The lowest BCUT2D eigenvalue weighted by atomic mass is 10.0. The molecule has 4 heterocycles. The summed E-state index contributed by atoms with van der Waals surface area (Å²) in [7, 11) is 0. The molecule has 0 radical (unpaired) electrons. The molecule has 152 valence electrons. The van der Waals surface area contributed by atoms with Crippen molar-refractivity contribution in [2.75, 3.05) is 22.9 Å². The van der Waals surface area contributed by atoms with Crippen molar-refractivity contribution in [3.63, 3.8) is 0 Å². The van der Waals surface area contributed by atoms with Crippen molar-refractivity contribution >= 4 is 22.6 Å². The van der Waals surface area contributed by atoms with Crippen LogP contribution in [-0.2, 0) is 6.18 Å². The number of nitrogens with zero attached hydrogens (tertiary/aromatic N) is 6. The van der Waals surface area contributed by atoms with Crippen molar-refractivity contribution in [1.82, 2.24) is 20.2 Å². The first-order chi connectivity index (χ1) is 14.0. The van der Waals surface area contributed by atoms with E-state index in [0.717, 1.165) is 56.6 Å². The first-order valence-corrected chi connectivity index (χ1v) is 9.62. The Morgan fingerprint density at radius 1 is 1.07 bits per heavy atom. The van der Waals surface area contributed by atoms with Crippen molar-refractivity contribution in [1.29, 1.82) is 0 Å². The Balaban J connectivity index is 1.35. The minimum absolute atomic E-state index is 0.124. The molecule has 1 saturated carbocycles. The van der Waals surface area contributed by atoms with Gasteiger partial charge in [0.2, 0.25) is 0 Å². The van der Waals surface area contributed by atoms with Gasteiger partial charge in [0.15, 0.2) is 11.4 Å². The zero-order valence-corrected chi connectivity index (χ0v) is 15.5. The third kappa shape index (κ3) is 3.47. The molecule has 0 amide bonds. The average molecular weight is 404 g/mol. The van der Waals surface area contributed by atoms with Gasteiger partial charge in [-0.25, -0.2) is 9.97 Å². The highest BCUT2D eigenvalue weighted by molar-refractivity contribution is 5.86. The summed E-state index contributed by atoms with van der Waals surface area (Å²) in [5, 5.41) is 9.19. The first kappa shape index (κ1) is 18.1. The first-order valence-electron chi connectivity index (χ1n) is 9.62. The molecule has 10 heteroatoms. The zero-order chi connectivity index (χ0) is 20.0. The summed E-state index contributed by atoms with van der Waals surface area (Å²) in [6.45, 7) is 1.44. The molecule has 1 aliphatic carbocycles. The van der Waals surface area contributed by atoms with E-state index in [-0.39, 0.29) is 12.1 Å². The zero-order valence-electron chi connectivity index (χ0n) is 15.5. The number of aromatic nitrogens is 4. The Morgan fingerprint density at radius 2 is 1.83 bits per heavy atom. The summed E-state index contributed by atoms with van der Waals surface area (Å²) in [5.41, 5.74) is -0.187. The van der Waals surface area contributed by atoms with E-state index in [2.05, 4.69) is 30.0 Å². The molecule has 3 aromatic heterocycles. The molecule has 3 aromatic rings. The van der Waals surface area contributed by atoms with Crippen molar-refractivity contribution in [3.05, 3.63) is 36.6 Å². The Morgan fingerprint density at radius 3 is 2.55 bits per heavy atom. The fourth-order valence-corrected chi connectivity index (χ4v) is 4.02. The van der Waals surface area contributed by atoms with E-state index in [0.29, 0.717) is 17.2 Å². The van der Waals surface area contributed by atoms with Crippen LogP contribution in [0.2, 0.25) is 0 Å². The molecule has 1 saturated heterocycles. The van der Waals surface area contributed by atoms with Gasteiger partial charge in [0.1, 0.15) is 17.8 Å². The summed E-state index contributed by atoms with van der Waals surface area (Å²) >= 11 is 0. The van der Waals surface area contributed by atoms with Gasteiger partial charge in [-0.05, 0) is 31.7 Å². The van der Waals surface area contributed by atoms with Crippen molar-refractivity contribution in [3.8, 4) is 0 Å². The summed E-state index contributed by atoms with van der Waals surface area (Å²) in [6.07, 6.45) is 3.35. The summed E-state index contributed by atoms with van der Waals surface area (Å²) in [4.78, 5) is 11.8. The lowest BCUT2D eigenvalue weighted by Gasteiger charge is -2.39. The second-order valence-corrected chi connectivity index (χ2v) is 7.49. The van der Waals surface area contributed by atoms with Gasteiger partial charge in [0.25, 0.3) is 0 Å². The van der Waals surface area contributed by atoms with E-state index < -0.39 is 11.9 Å². The maximum absolute atomic E-state index is 13.1. The topological polar surface area (TPSA) is 71.2 Å². The number of hydrogen-bond donors (Lipinski definition) is 0. The van der Waals surface area contributed by atoms with E-state index in [1.807, 2.05) is 6.07 Å². The predicted molar refractivity (Wildman–Crippen MR) is 99.6 cm³/mol. The third-order valence-corrected chi connectivity index (χ3v) is 5.55. The molecule has 29 heavy (non-hydrogen) atoms. The molecule has 0 N–H and O–H groups in total. The molecule has 2 aliphatic rings. The van der Waals surface area contributed by atoms with Crippen molar-refractivity contribution in [2.45, 2.75) is 43.9 Å². The number of fused-ring (bicyclic) bond motifs is 1. The van der Waals surface area contributed by atoms with Crippen LogP contribution >= 0.6 is 0 Å². The van der Waals surface area contributed by atoms with E-state index in [1.54, 1.807) is 12.5 Å². The number of anilines is 2. The second-order valence-electron chi connectivity index (χ2n) is 7.49. The number of piperidine rings is 1. The Kier molecular flexibility index (Phi) is 4.29. The smallest absolute Gasteiger partial charge is 0.433 e. The van der Waals surface area contributed by atoms with Crippen LogP contribution in [0.3, 0.4) is 0 Å². The Hall–Kier alpha value is -2.91. The van der Waals surface area contributed by atoms with Crippen molar-refractivity contribution in [2.24, 2.45) is 0 Å². The van der Waals surface area contributed by atoms with Crippen LogP contribution in [0, 0.1) is 0 Å². The van der Waals surface area contributed by atoms with Gasteiger partial charge in [-0.2, -0.15) is 18.3 Å². The fourth-order valence-electron chi connectivity index (χ4n) is 4.02. The van der Waals surface area contributed by atoms with E-state index in [9.17, 15) is 13.2 Å². The number of furan rings is 1. The van der Waals surface area contributed by atoms with Crippen LogP contribution < -0.4 is 9.80 Å². The molecule has 0 spiro atoms. The van der Waals surface area contributed by atoms with Crippen LogP contribution in [0.15, 0.2) is 35.3 Å². The third-order valence-electron chi connectivity index (χ3n) is 5.55. The molecular formula is C19H19F3N6O. The van der Waals surface area contributed by atoms with Crippen LogP contribution in [0.25, 0.3) is 11.0 Å². The van der Waals surface area contributed by atoms with E-state index >= 15 is 0 Å². The summed E-state index contributed by atoms with van der Waals surface area (Å²) in [6, 6.07) is 3.29. The lowest BCUT2D eigenvalue weighted by Crippen LogP contribution is -2.46. The fraction of sp³-hybridized carbons (Fsp3) is 0.474. The average Bonchev–Trinajstić information content (AvgIpc) is 3.43.